The highest BCUT2D eigenvalue weighted by atomic mass is 79.9. The molecule has 0 spiro atoms. The number of halogens is 3. The molecule has 0 heterocycles. The van der Waals surface area contributed by atoms with E-state index in [9.17, 15) is 9.59 Å². The molecule has 1 N–H and O–H groups in total. The molecule has 0 radical (unpaired) electrons. The molecule has 0 aromatic heterocycles. The number of carbonyl (C=O) groups excluding carboxylic acids is 2. The van der Waals surface area contributed by atoms with Crippen molar-refractivity contribution in [1.29, 1.82) is 0 Å². The number of hydrogen-bond acceptors (Lipinski definition) is 4. The highest BCUT2D eigenvalue weighted by molar-refractivity contribution is 9.10. The van der Waals surface area contributed by atoms with Gasteiger partial charge in [0.1, 0.15) is 11.5 Å². The van der Waals surface area contributed by atoms with Gasteiger partial charge in [-0.15, -0.1) is 0 Å². The third-order valence-corrected chi connectivity index (χ3v) is 7.86. The van der Waals surface area contributed by atoms with Gasteiger partial charge in [-0.3, -0.25) is 4.79 Å². The number of hydrogen-bond donors (Lipinski definition) is 1. The van der Waals surface area contributed by atoms with Gasteiger partial charge in [0.15, 0.2) is 0 Å². The van der Waals surface area contributed by atoms with E-state index in [-0.39, 0.29) is 12.0 Å². The Bertz CT molecular complexity index is 1290. The number of methoxy groups -OCH3 is 1. The van der Waals surface area contributed by atoms with Gasteiger partial charge in [-0.25, -0.2) is 4.79 Å². The molecule has 3 aromatic rings. The van der Waals surface area contributed by atoms with E-state index in [1.54, 1.807) is 30.1 Å². The van der Waals surface area contributed by atoms with Crippen LogP contribution in [0.4, 0.5) is 10.5 Å². The summed E-state index contributed by atoms with van der Waals surface area (Å²) in [7, 11) is 3.14. The second kappa shape index (κ2) is 11.8. The van der Waals surface area contributed by atoms with Crippen molar-refractivity contribution >= 4 is 56.8 Å². The van der Waals surface area contributed by atoms with Crippen LogP contribution in [0, 0.1) is 0 Å². The molecule has 0 aliphatic heterocycles. The smallest absolute Gasteiger partial charge is 0.321 e. The van der Waals surface area contributed by atoms with Gasteiger partial charge in [0.25, 0.3) is 0 Å². The molecule has 4 rings (SSSR count). The van der Waals surface area contributed by atoms with E-state index in [4.69, 9.17) is 32.7 Å². The molecule has 6 nitrogen and oxygen atoms in total. The first-order valence-electron chi connectivity index (χ1n) is 11.8. The Morgan fingerprint density at radius 3 is 2.35 bits per heavy atom. The van der Waals surface area contributed by atoms with E-state index in [1.807, 2.05) is 42.5 Å². The van der Waals surface area contributed by atoms with Crippen molar-refractivity contribution in [3.63, 3.8) is 0 Å². The molecule has 1 saturated carbocycles. The average Bonchev–Trinajstić information content (AvgIpc) is 3.39. The zero-order valence-corrected chi connectivity index (χ0v) is 23.6. The van der Waals surface area contributed by atoms with E-state index in [0.717, 1.165) is 41.3 Å². The first-order valence-corrected chi connectivity index (χ1v) is 13.4. The largest absolute Gasteiger partial charge is 0.468 e. The van der Waals surface area contributed by atoms with Gasteiger partial charge in [-0.1, -0.05) is 70.2 Å². The molecule has 194 valence electrons. The predicted molar refractivity (Wildman–Crippen MR) is 150 cm³/mol. The Kier molecular flexibility index (Phi) is 8.67. The van der Waals surface area contributed by atoms with Crippen LogP contribution in [0.2, 0.25) is 10.0 Å². The number of ether oxygens (including phenoxy) is 2. The van der Waals surface area contributed by atoms with Gasteiger partial charge in [-0.05, 0) is 54.8 Å². The third kappa shape index (κ3) is 6.22. The van der Waals surface area contributed by atoms with Crippen LogP contribution in [0.1, 0.15) is 36.8 Å². The van der Waals surface area contributed by atoms with Gasteiger partial charge >= 0.3 is 12.0 Å². The standard InChI is InChI=1S/C28H27BrCl2N2O4/c1-33(17-18-5-8-20(29)15-25(18)37-22-11-12-23(30)24(31)16-22)27(35)32-21-9-6-19(7-10-21)28(26(34)36-2)13-3-4-14-28/h5-12,15-16H,3-4,13-14,17H2,1-2H3,(H,32,35). The zero-order chi connectivity index (χ0) is 26.6. The quantitative estimate of drug-likeness (QED) is 0.276. The second-order valence-corrected chi connectivity index (χ2v) is 10.8. The lowest BCUT2D eigenvalue weighted by Crippen LogP contribution is -2.34. The van der Waals surface area contributed by atoms with E-state index >= 15 is 0 Å². The Morgan fingerprint density at radius 1 is 1.00 bits per heavy atom. The maximum absolute atomic E-state index is 13.0. The number of nitrogens with zero attached hydrogens (tertiary/aromatic N) is 1. The van der Waals surface area contributed by atoms with Gasteiger partial charge in [0.2, 0.25) is 0 Å². The summed E-state index contributed by atoms with van der Waals surface area (Å²) in [6.45, 7) is 0.305. The van der Waals surface area contributed by atoms with Crippen molar-refractivity contribution in [1.82, 2.24) is 4.90 Å². The van der Waals surface area contributed by atoms with Crippen LogP contribution in [0.25, 0.3) is 0 Å². The highest BCUT2D eigenvalue weighted by Crippen LogP contribution is 2.42. The maximum Gasteiger partial charge on any atom is 0.321 e. The summed E-state index contributed by atoms with van der Waals surface area (Å²) < 4.78 is 12.0. The normalized spacial score (nSPS) is 14.2. The maximum atomic E-state index is 13.0. The number of carbonyl (C=O) groups is 2. The Hall–Kier alpha value is -2.74. The first kappa shape index (κ1) is 27.3. The van der Waals surface area contributed by atoms with Crippen LogP contribution in [0.5, 0.6) is 11.5 Å². The fraction of sp³-hybridized carbons (Fsp3) is 0.286. The Balaban J connectivity index is 1.44. The van der Waals surface area contributed by atoms with Crippen molar-refractivity contribution in [3.05, 3.63) is 86.3 Å². The van der Waals surface area contributed by atoms with Gasteiger partial charge in [0, 0.05) is 28.8 Å². The van der Waals surface area contributed by atoms with Crippen LogP contribution < -0.4 is 10.1 Å². The van der Waals surface area contributed by atoms with Crippen LogP contribution in [0.15, 0.2) is 65.1 Å². The van der Waals surface area contributed by atoms with E-state index < -0.39 is 5.41 Å². The van der Waals surface area contributed by atoms with Gasteiger partial charge < -0.3 is 19.7 Å². The first-order chi connectivity index (χ1) is 17.7. The van der Waals surface area contributed by atoms with Crippen molar-refractivity contribution in [3.8, 4) is 11.5 Å². The van der Waals surface area contributed by atoms with Crippen molar-refractivity contribution in [2.75, 3.05) is 19.5 Å². The highest BCUT2D eigenvalue weighted by Gasteiger charge is 2.43. The average molecular weight is 606 g/mol. The van der Waals surface area contributed by atoms with E-state index in [0.29, 0.717) is 33.8 Å². The number of benzene rings is 3. The molecule has 1 fully saturated rings. The van der Waals surface area contributed by atoms with Crippen LogP contribution in [-0.4, -0.2) is 31.1 Å². The number of urea groups is 1. The molecule has 0 atom stereocenters. The number of anilines is 1. The summed E-state index contributed by atoms with van der Waals surface area (Å²) in [4.78, 5) is 27.0. The third-order valence-electron chi connectivity index (χ3n) is 6.62. The van der Waals surface area contributed by atoms with Crippen molar-refractivity contribution in [2.45, 2.75) is 37.6 Å². The molecule has 37 heavy (non-hydrogen) atoms. The summed E-state index contributed by atoms with van der Waals surface area (Å²) in [6, 6.07) is 17.8. The lowest BCUT2D eigenvalue weighted by molar-refractivity contribution is -0.147. The Morgan fingerprint density at radius 2 is 1.70 bits per heavy atom. The summed E-state index contributed by atoms with van der Waals surface area (Å²) in [5, 5.41) is 3.75. The molecule has 1 aliphatic rings. The van der Waals surface area contributed by atoms with E-state index in [2.05, 4.69) is 21.2 Å². The molecular weight excluding hydrogens is 579 g/mol. The van der Waals surface area contributed by atoms with Crippen molar-refractivity contribution < 1.29 is 19.1 Å². The molecule has 0 unspecified atom stereocenters. The van der Waals surface area contributed by atoms with Crippen LogP contribution >= 0.6 is 39.1 Å². The second-order valence-electron chi connectivity index (χ2n) is 9.07. The van der Waals surface area contributed by atoms with Gasteiger partial charge in [-0.2, -0.15) is 0 Å². The SMILES string of the molecule is COC(=O)C1(c2ccc(NC(=O)N(C)Cc3ccc(Br)cc3Oc3ccc(Cl)c(Cl)c3)cc2)CCCC1. The zero-order valence-electron chi connectivity index (χ0n) is 20.5. The molecular formula is C28H27BrCl2N2O4. The monoisotopic (exact) mass is 604 g/mol. The van der Waals surface area contributed by atoms with Crippen molar-refractivity contribution in [2.24, 2.45) is 0 Å². The minimum Gasteiger partial charge on any atom is -0.468 e. The molecule has 3 aromatic carbocycles. The molecule has 2 amide bonds. The number of amides is 2. The fourth-order valence-electron chi connectivity index (χ4n) is 4.62. The number of rotatable bonds is 7. The predicted octanol–water partition coefficient (Wildman–Crippen LogP) is 8.20. The van der Waals surface area contributed by atoms with E-state index in [1.165, 1.54) is 7.11 Å². The minimum atomic E-state index is -0.597. The molecule has 0 bridgehead atoms. The van der Waals surface area contributed by atoms with Crippen LogP contribution in [0.3, 0.4) is 0 Å². The fourth-order valence-corrected chi connectivity index (χ4v) is 5.25. The summed E-state index contributed by atoms with van der Waals surface area (Å²) in [6.07, 6.45) is 3.53. The minimum absolute atomic E-state index is 0.199. The van der Waals surface area contributed by atoms with Crippen LogP contribution in [-0.2, 0) is 21.5 Å². The number of esters is 1. The summed E-state index contributed by atoms with van der Waals surface area (Å²) in [5.41, 5.74) is 1.77. The summed E-state index contributed by atoms with van der Waals surface area (Å²) in [5.74, 6) is 0.921. The Labute approximate surface area is 235 Å². The van der Waals surface area contributed by atoms with Gasteiger partial charge in [0.05, 0.1) is 29.1 Å². The molecule has 1 aliphatic carbocycles. The lowest BCUT2D eigenvalue weighted by atomic mass is 9.79. The number of nitrogens with one attached hydrogen (secondary N) is 1. The lowest BCUT2D eigenvalue weighted by Gasteiger charge is -2.26. The topological polar surface area (TPSA) is 67.9 Å². The molecule has 9 heteroatoms. The summed E-state index contributed by atoms with van der Waals surface area (Å²) >= 11 is 15.6. The molecule has 0 saturated heterocycles.